The van der Waals surface area contributed by atoms with Crippen LogP contribution in [-0.2, 0) is 0 Å². The second-order valence-electron chi connectivity index (χ2n) is 3.60. The summed E-state index contributed by atoms with van der Waals surface area (Å²) in [5, 5.41) is 0. The number of ketones is 1. The van der Waals surface area contributed by atoms with E-state index in [0.717, 1.165) is 10.0 Å². The van der Waals surface area contributed by atoms with Gasteiger partial charge in [0, 0.05) is 33.7 Å². The van der Waals surface area contributed by atoms with E-state index in [1.807, 2.05) is 6.92 Å². The fourth-order valence-corrected chi connectivity index (χ4v) is 2.03. The molecule has 0 aliphatic heterocycles. The molecule has 1 aromatic carbocycles. The zero-order valence-corrected chi connectivity index (χ0v) is 10.3. The molecule has 0 atom stereocenters. The van der Waals surface area contributed by atoms with Crippen LogP contribution in [0.5, 0.6) is 0 Å². The molecule has 0 unspecified atom stereocenters. The Bertz CT molecular complexity index is 532. The Kier molecular flexibility index (Phi) is 2.83. The van der Waals surface area contributed by atoms with Gasteiger partial charge in [0.1, 0.15) is 0 Å². The number of carbonyl (C=O) groups is 1. The largest absolute Gasteiger partial charge is 0.398 e. The predicted octanol–water partition coefficient (Wildman–Crippen LogP) is 2.90. The lowest BCUT2D eigenvalue weighted by molar-refractivity contribution is 0.103. The average molecular weight is 279 g/mol. The minimum Gasteiger partial charge on any atom is -0.398 e. The average Bonchev–Trinajstić information content (AvgIpc) is 2.75. The summed E-state index contributed by atoms with van der Waals surface area (Å²) in [5.74, 6) is -0.0215. The Labute approximate surface area is 102 Å². The van der Waals surface area contributed by atoms with Crippen LogP contribution in [0, 0.1) is 6.92 Å². The molecule has 3 nitrogen and oxygen atoms in total. The van der Waals surface area contributed by atoms with E-state index >= 15 is 0 Å². The van der Waals surface area contributed by atoms with Crippen LogP contribution in [0.2, 0.25) is 0 Å². The third-order valence-electron chi connectivity index (χ3n) is 2.52. The molecule has 0 radical (unpaired) electrons. The number of nitrogen functional groups attached to an aromatic ring is 1. The van der Waals surface area contributed by atoms with Gasteiger partial charge in [-0.15, -0.1) is 0 Å². The number of aromatic nitrogens is 1. The normalized spacial score (nSPS) is 10.4. The smallest absolute Gasteiger partial charge is 0.194 e. The maximum atomic E-state index is 12.1. The minimum atomic E-state index is -0.0215. The molecule has 2 aromatic rings. The van der Waals surface area contributed by atoms with Gasteiger partial charge in [-0.1, -0.05) is 15.9 Å². The number of halogens is 1. The van der Waals surface area contributed by atoms with Crippen LogP contribution < -0.4 is 5.73 Å². The van der Waals surface area contributed by atoms with Gasteiger partial charge < -0.3 is 10.7 Å². The van der Waals surface area contributed by atoms with E-state index in [9.17, 15) is 4.79 Å². The first-order valence-electron chi connectivity index (χ1n) is 4.82. The van der Waals surface area contributed by atoms with Crippen LogP contribution in [0.3, 0.4) is 0 Å². The van der Waals surface area contributed by atoms with E-state index in [4.69, 9.17) is 5.73 Å². The lowest BCUT2D eigenvalue weighted by atomic mass is 10.00. The highest BCUT2D eigenvalue weighted by molar-refractivity contribution is 9.10. The number of aromatic amines is 1. The van der Waals surface area contributed by atoms with Crippen molar-refractivity contribution >= 4 is 27.4 Å². The van der Waals surface area contributed by atoms with Crippen molar-refractivity contribution in [2.24, 2.45) is 0 Å². The Morgan fingerprint density at radius 1 is 1.44 bits per heavy atom. The number of nitrogens with two attached hydrogens (primary N) is 1. The highest BCUT2D eigenvalue weighted by Gasteiger charge is 2.14. The van der Waals surface area contributed by atoms with Gasteiger partial charge >= 0.3 is 0 Å². The summed E-state index contributed by atoms with van der Waals surface area (Å²) in [6, 6.07) is 5.34. The number of hydrogen-bond acceptors (Lipinski definition) is 2. The van der Waals surface area contributed by atoms with Gasteiger partial charge in [-0.05, 0) is 30.7 Å². The first-order valence-corrected chi connectivity index (χ1v) is 5.62. The van der Waals surface area contributed by atoms with Gasteiger partial charge in [0.15, 0.2) is 5.78 Å². The lowest BCUT2D eigenvalue weighted by Gasteiger charge is -2.07. The Morgan fingerprint density at radius 3 is 2.81 bits per heavy atom. The Balaban J connectivity index is 2.52. The summed E-state index contributed by atoms with van der Waals surface area (Å²) in [6.45, 7) is 1.85. The summed E-state index contributed by atoms with van der Waals surface area (Å²) < 4.78 is 0.814. The molecule has 16 heavy (non-hydrogen) atoms. The van der Waals surface area contributed by atoms with Crippen LogP contribution >= 0.6 is 15.9 Å². The van der Waals surface area contributed by atoms with Crippen LogP contribution in [-0.4, -0.2) is 10.8 Å². The number of carbonyl (C=O) groups excluding carboxylic acids is 1. The van der Waals surface area contributed by atoms with Gasteiger partial charge in [0.2, 0.25) is 0 Å². The van der Waals surface area contributed by atoms with E-state index in [0.29, 0.717) is 16.8 Å². The topological polar surface area (TPSA) is 58.9 Å². The van der Waals surface area contributed by atoms with Crippen LogP contribution in [0.15, 0.2) is 35.1 Å². The molecule has 0 spiro atoms. The van der Waals surface area contributed by atoms with Crippen molar-refractivity contribution in [2.45, 2.75) is 6.92 Å². The zero-order valence-electron chi connectivity index (χ0n) is 8.75. The number of anilines is 1. The van der Waals surface area contributed by atoms with Gasteiger partial charge in [0.05, 0.1) is 0 Å². The standard InChI is InChI=1S/C12H11BrN2O/c1-7-10(4-9(13)5-11(7)14)12(16)8-2-3-15-6-8/h2-6,15H,14H2,1H3. The van der Waals surface area contributed by atoms with Crippen molar-refractivity contribution < 1.29 is 4.79 Å². The molecule has 0 amide bonds. The third-order valence-corrected chi connectivity index (χ3v) is 2.98. The number of hydrogen-bond donors (Lipinski definition) is 2. The summed E-state index contributed by atoms with van der Waals surface area (Å²) >= 11 is 3.34. The molecule has 0 aliphatic rings. The molecule has 4 heteroatoms. The SMILES string of the molecule is Cc1c(N)cc(Br)cc1C(=O)c1cc[nH]c1. The molecular formula is C12H11BrN2O. The maximum Gasteiger partial charge on any atom is 0.194 e. The monoisotopic (exact) mass is 278 g/mol. The Morgan fingerprint density at radius 2 is 2.19 bits per heavy atom. The molecule has 0 saturated carbocycles. The van der Waals surface area contributed by atoms with Crippen molar-refractivity contribution in [2.75, 3.05) is 5.73 Å². The summed E-state index contributed by atoms with van der Waals surface area (Å²) in [4.78, 5) is 15.0. The molecule has 3 N–H and O–H groups in total. The quantitative estimate of drug-likeness (QED) is 0.656. The maximum absolute atomic E-state index is 12.1. The van der Waals surface area contributed by atoms with Crippen LogP contribution in [0.4, 0.5) is 5.69 Å². The highest BCUT2D eigenvalue weighted by atomic mass is 79.9. The van der Waals surface area contributed by atoms with Gasteiger partial charge in [-0.3, -0.25) is 4.79 Å². The fourth-order valence-electron chi connectivity index (χ4n) is 1.56. The van der Waals surface area contributed by atoms with Gasteiger partial charge in [0.25, 0.3) is 0 Å². The number of benzene rings is 1. The number of rotatable bonds is 2. The third kappa shape index (κ3) is 1.88. The summed E-state index contributed by atoms with van der Waals surface area (Å²) in [6.07, 6.45) is 3.41. The minimum absolute atomic E-state index is 0.0215. The van der Waals surface area contributed by atoms with Gasteiger partial charge in [-0.25, -0.2) is 0 Å². The molecular weight excluding hydrogens is 268 g/mol. The fraction of sp³-hybridized carbons (Fsp3) is 0.0833. The van der Waals surface area contributed by atoms with E-state index < -0.39 is 0 Å². The first kappa shape index (κ1) is 11.0. The van der Waals surface area contributed by atoms with E-state index in [-0.39, 0.29) is 5.78 Å². The summed E-state index contributed by atoms with van der Waals surface area (Å²) in [5.41, 5.74) is 8.53. The lowest BCUT2D eigenvalue weighted by Crippen LogP contribution is -2.05. The molecule has 82 valence electrons. The predicted molar refractivity (Wildman–Crippen MR) is 67.5 cm³/mol. The van der Waals surface area contributed by atoms with E-state index in [2.05, 4.69) is 20.9 Å². The van der Waals surface area contributed by atoms with Crippen molar-refractivity contribution in [1.82, 2.24) is 4.98 Å². The molecule has 0 aliphatic carbocycles. The highest BCUT2D eigenvalue weighted by Crippen LogP contribution is 2.24. The number of H-pyrrole nitrogens is 1. The van der Waals surface area contributed by atoms with E-state index in [1.54, 1.807) is 30.6 Å². The second kappa shape index (κ2) is 4.14. The first-order chi connectivity index (χ1) is 7.59. The molecule has 1 aromatic heterocycles. The second-order valence-corrected chi connectivity index (χ2v) is 4.51. The van der Waals surface area contributed by atoms with Crippen LogP contribution in [0.1, 0.15) is 21.5 Å². The molecule has 1 heterocycles. The van der Waals surface area contributed by atoms with Crippen molar-refractivity contribution in [1.29, 1.82) is 0 Å². The zero-order chi connectivity index (χ0) is 11.7. The molecule has 0 bridgehead atoms. The molecule has 0 saturated heterocycles. The van der Waals surface area contributed by atoms with E-state index in [1.165, 1.54) is 0 Å². The van der Waals surface area contributed by atoms with Crippen molar-refractivity contribution in [3.05, 3.63) is 51.8 Å². The van der Waals surface area contributed by atoms with Gasteiger partial charge in [-0.2, -0.15) is 0 Å². The van der Waals surface area contributed by atoms with Crippen LogP contribution in [0.25, 0.3) is 0 Å². The molecule has 0 fully saturated rings. The van der Waals surface area contributed by atoms with Crippen molar-refractivity contribution in [3.63, 3.8) is 0 Å². The molecule has 2 rings (SSSR count). The number of nitrogens with one attached hydrogen (secondary N) is 1. The Hall–Kier alpha value is -1.55. The van der Waals surface area contributed by atoms with Crippen molar-refractivity contribution in [3.8, 4) is 0 Å². The summed E-state index contributed by atoms with van der Waals surface area (Å²) in [7, 11) is 0.